The molecule has 0 aliphatic heterocycles. The molecule has 2 N–H and O–H groups in total. The van der Waals surface area contributed by atoms with Gasteiger partial charge in [-0.25, -0.2) is 0 Å². The Morgan fingerprint density at radius 2 is 1.46 bits per heavy atom. The molecular weight excluding hydrogens is 359 g/mol. The van der Waals surface area contributed by atoms with Crippen LogP contribution in [0.2, 0.25) is 0 Å². The zero-order chi connectivity index (χ0) is 20.6. The maximum atomic E-state index is 9.66. The van der Waals surface area contributed by atoms with Crippen LogP contribution in [0.4, 0.5) is 0 Å². The molecule has 2 aliphatic carbocycles. The lowest BCUT2D eigenvalue weighted by molar-refractivity contribution is 0.119. The summed E-state index contributed by atoms with van der Waals surface area (Å²) in [4.78, 5) is 0. The van der Waals surface area contributed by atoms with E-state index in [9.17, 15) is 10.2 Å². The number of hydrogen-bond acceptors (Lipinski definition) is 3. The van der Waals surface area contributed by atoms with E-state index >= 15 is 0 Å². The first kappa shape index (κ1) is 25.9. The quantitative estimate of drug-likeness (QED) is 0.335. The van der Waals surface area contributed by atoms with E-state index in [1.807, 2.05) is 32.1 Å². The van der Waals surface area contributed by atoms with E-state index in [1.165, 1.54) is 5.57 Å². The Morgan fingerprint density at radius 1 is 1.00 bits per heavy atom. The van der Waals surface area contributed by atoms with Crippen LogP contribution in [0, 0.1) is 23.7 Å². The smallest absolute Gasteiger partial charge is 0.0755 e. The first-order valence-electron chi connectivity index (χ1n) is 10.00. The summed E-state index contributed by atoms with van der Waals surface area (Å²) in [5.41, 5.74) is 2.88. The molecule has 0 saturated heterocycles. The Hall–Kier alpha value is -0.0800. The highest BCUT2D eigenvalue weighted by molar-refractivity contribution is 7.81. The van der Waals surface area contributed by atoms with Crippen molar-refractivity contribution in [1.29, 1.82) is 0 Å². The maximum absolute atomic E-state index is 9.66. The van der Waals surface area contributed by atoms with Gasteiger partial charge in [-0.15, -0.1) is 9.24 Å². The van der Waals surface area contributed by atoms with Gasteiger partial charge in [-0.2, -0.15) is 12.6 Å². The van der Waals surface area contributed by atoms with Gasteiger partial charge in [0.1, 0.15) is 0 Å². The predicted octanol–water partition coefficient (Wildman–Crippen LogP) is 5.28. The molecule has 0 fully saturated rings. The van der Waals surface area contributed by atoms with E-state index in [0.29, 0.717) is 34.6 Å². The minimum Gasteiger partial charge on any atom is -0.389 e. The molecule has 2 rings (SSSR count). The van der Waals surface area contributed by atoms with Crippen LogP contribution in [-0.2, 0) is 0 Å². The van der Waals surface area contributed by atoms with Crippen LogP contribution < -0.4 is 0 Å². The van der Waals surface area contributed by atoms with Gasteiger partial charge in [0.15, 0.2) is 0 Å². The highest BCUT2D eigenvalue weighted by Crippen LogP contribution is 2.35. The third kappa shape index (κ3) is 6.51. The fraction of sp³-hybridized carbons (Fsp3) is 0.727. The van der Waals surface area contributed by atoms with Crippen LogP contribution in [0.5, 0.6) is 0 Å². The van der Waals surface area contributed by atoms with Gasteiger partial charge in [0.25, 0.3) is 0 Å². The fourth-order valence-corrected chi connectivity index (χ4v) is 4.48. The van der Waals surface area contributed by atoms with Crippen LogP contribution in [0.3, 0.4) is 0 Å². The molecule has 2 aliphatic rings. The van der Waals surface area contributed by atoms with Gasteiger partial charge in [-0.1, -0.05) is 78.8 Å². The molecule has 0 aromatic carbocycles. The summed E-state index contributed by atoms with van der Waals surface area (Å²) in [5, 5.41) is 19.6. The molecule has 0 bridgehead atoms. The zero-order valence-electron chi connectivity index (χ0n) is 17.7. The monoisotopic (exact) mass is 400 g/mol. The van der Waals surface area contributed by atoms with Crippen molar-refractivity contribution in [2.24, 2.45) is 23.7 Å². The topological polar surface area (TPSA) is 40.5 Å². The lowest BCUT2D eigenvalue weighted by atomic mass is 9.79. The van der Waals surface area contributed by atoms with Crippen molar-refractivity contribution in [3.8, 4) is 0 Å². The number of hydrogen-bond donors (Lipinski definition) is 3. The van der Waals surface area contributed by atoms with Crippen LogP contribution in [-0.4, -0.2) is 33.3 Å². The molecule has 9 unspecified atom stereocenters. The molecule has 0 heterocycles. The SMILES string of the molecule is C=CC1=CC(O)C(C)C(C)C1P.CC.CCC1=CC(O)C(C)C(C)C1S. The molecule has 2 nitrogen and oxygen atoms in total. The Labute approximate surface area is 169 Å². The predicted molar refractivity (Wildman–Crippen MR) is 123 cm³/mol. The summed E-state index contributed by atoms with van der Waals surface area (Å²) in [6.07, 6.45) is 6.16. The van der Waals surface area contributed by atoms with Crippen LogP contribution in [0.15, 0.2) is 36.0 Å². The van der Waals surface area contributed by atoms with Crippen LogP contribution in [0.1, 0.15) is 54.9 Å². The van der Waals surface area contributed by atoms with Gasteiger partial charge in [-0.05, 0) is 35.7 Å². The first-order valence-corrected chi connectivity index (χ1v) is 11.2. The average Bonchev–Trinajstić information content (AvgIpc) is 2.66. The minimum absolute atomic E-state index is 0.265. The van der Waals surface area contributed by atoms with Crippen molar-refractivity contribution in [3.63, 3.8) is 0 Å². The number of thiol groups is 1. The molecule has 26 heavy (non-hydrogen) atoms. The number of aliphatic hydroxyl groups excluding tert-OH is 2. The van der Waals surface area contributed by atoms with Crippen molar-refractivity contribution in [1.82, 2.24) is 0 Å². The van der Waals surface area contributed by atoms with E-state index in [-0.39, 0.29) is 12.2 Å². The fourth-order valence-electron chi connectivity index (χ4n) is 3.34. The summed E-state index contributed by atoms with van der Waals surface area (Å²) in [6.45, 7) is 18.4. The minimum atomic E-state index is -0.301. The van der Waals surface area contributed by atoms with E-state index in [1.54, 1.807) is 0 Å². The van der Waals surface area contributed by atoms with Crippen molar-refractivity contribution < 1.29 is 10.2 Å². The second-order valence-electron chi connectivity index (χ2n) is 7.35. The Balaban J connectivity index is 0.000000439. The Kier molecular flexibility index (Phi) is 12.4. The third-order valence-corrected chi connectivity index (χ3v) is 7.75. The standard InChI is InChI=1S/C10H17OP.C10H18OS.C2H6/c2*1-4-8-5-9(11)6(2)7(3)10(8)12;1-2/h4-7,9-11H,1,12H2,2-3H3;5-7,9-12H,4H2,1-3H3;1-2H3. The van der Waals surface area contributed by atoms with E-state index in [0.717, 1.165) is 12.0 Å². The molecule has 0 spiro atoms. The van der Waals surface area contributed by atoms with Crippen molar-refractivity contribution in [3.05, 3.63) is 36.0 Å². The molecule has 0 aromatic heterocycles. The lowest BCUT2D eigenvalue weighted by Crippen LogP contribution is -2.34. The van der Waals surface area contributed by atoms with Crippen molar-refractivity contribution in [2.45, 2.75) is 78.0 Å². The maximum Gasteiger partial charge on any atom is 0.0755 e. The normalized spacial score (nSPS) is 39.3. The van der Waals surface area contributed by atoms with Crippen molar-refractivity contribution in [2.75, 3.05) is 0 Å². The summed E-state index contributed by atoms with van der Waals surface area (Å²) in [6, 6.07) is 0. The summed E-state index contributed by atoms with van der Waals surface area (Å²) < 4.78 is 0. The van der Waals surface area contributed by atoms with Gasteiger partial charge in [0.05, 0.1) is 12.2 Å². The second kappa shape index (κ2) is 12.4. The highest BCUT2D eigenvalue weighted by atomic mass is 32.1. The van der Waals surface area contributed by atoms with Gasteiger partial charge in [0.2, 0.25) is 0 Å². The lowest BCUT2D eigenvalue weighted by Gasteiger charge is -2.34. The molecule has 0 aromatic rings. The average molecular weight is 401 g/mol. The van der Waals surface area contributed by atoms with Gasteiger partial charge in [0, 0.05) is 10.9 Å². The zero-order valence-corrected chi connectivity index (χ0v) is 19.7. The van der Waals surface area contributed by atoms with Gasteiger partial charge in [-0.3, -0.25) is 0 Å². The van der Waals surface area contributed by atoms with Crippen LogP contribution >= 0.6 is 21.9 Å². The van der Waals surface area contributed by atoms with Gasteiger partial charge >= 0.3 is 0 Å². The largest absolute Gasteiger partial charge is 0.389 e. The Morgan fingerprint density at radius 3 is 1.92 bits per heavy atom. The van der Waals surface area contributed by atoms with Crippen molar-refractivity contribution >= 4 is 21.9 Å². The molecule has 0 amide bonds. The summed E-state index contributed by atoms with van der Waals surface area (Å²) >= 11 is 4.55. The highest BCUT2D eigenvalue weighted by Gasteiger charge is 2.31. The molecule has 152 valence electrons. The van der Waals surface area contributed by atoms with E-state index in [2.05, 4.69) is 63.1 Å². The number of aliphatic hydroxyl groups is 2. The molecule has 0 radical (unpaired) electrons. The summed E-state index contributed by atoms with van der Waals surface area (Å²) in [5.74, 6) is 1.66. The molecule has 4 heteroatoms. The van der Waals surface area contributed by atoms with Crippen LogP contribution in [0.25, 0.3) is 0 Å². The molecular formula is C22H41O2PS. The second-order valence-corrected chi connectivity index (χ2v) is 8.63. The molecule has 9 atom stereocenters. The molecule has 0 saturated carbocycles. The summed E-state index contributed by atoms with van der Waals surface area (Å²) in [7, 11) is 2.82. The van der Waals surface area contributed by atoms with E-state index in [4.69, 9.17) is 0 Å². The van der Waals surface area contributed by atoms with Gasteiger partial charge < -0.3 is 10.2 Å². The van der Waals surface area contributed by atoms with E-state index < -0.39 is 0 Å². The number of rotatable bonds is 2. The first-order chi connectivity index (χ1) is 12.1. The number of allylic oxidation sites excluding steroid dienone is 2. The third-order valence-electron chi connectivity index (χ3n) is 5.96. The Bertz CT molecular complexity index is 489.